The van der Waals surface area contributed by atoms with E-state index in [0.29, 0.717) is 10.6 Å². The molecule has 1 spiro atoms. The van der Waals surface area contributed by atoms with Crippen molar-refractivity contribution >= 4 is 29.4 Å². The van der Waals surface area contributed by atoms with Gasteiger partial charge in [0.1, 0.15) is 5.82 Å². The quantitative estimate of drug-likeness (QED) is 0.426. The Morgan fingerprint density at radius 3 is 2.50 bits per heavy atom. The van der Waals surface area contributed by atoms with Crippen molar-refractivity contribution in [1.82, 2.24) is 20.5 Å². The number of fused-ring (bicyclic) bond motifs is 2. The summed E-state index contributed by atoms with van der Waals surface area (Å²) in [5.41, 5.74) is -2.87. The molecule has 3 heterocycles. The van der Waals surface area contributed by atoms with E-state index in [1.165, 1.54) is 36.5 Å². The van der Waals surface area contributed by atoms with Crippen LogP contribution in [-0.4, -0.2) is 34.3 Å². The molecule has 2 N–H and O–H groups in total. The predicted octanol–water partition coefficient (Wildman–Crippen LogP) is 3.78. The molecule has 1 aromatic heterocycles. The summed E-state index contributed by atoms with van der Waals surface area (Å²) >= 11 is 5.91. The molecule has 7 nitrogen and oxygen atoms in total. The molecule has 11 heteroatoms. The number of rotatable bonds is 2. The first-order valence-corrected chi connectivity index (χ1v) is 10.4. The van der Waals surface area contributed by atoms with Crippen LogP contribution in [0.15, 0.2) is 60.8 Å². The van der Waals surface area contributed by atoms with Gasteiger partial charge in [0, 0.05) is 16.8 Å². The number of nitrogens with one attached hydrogen (secondary N) is 2. The molecule has 2 aliphatic rings. The van der Waals surface area contributed by atoms with E-state index in [9.17, 15) is 18.8 Å². The molecule has 0 saturated carbocycles. The molecular formula is C23H14ClF3N4O3. The summed E-state index contributed by atoms with van der Waals surface area (Å²) in [5, 5.41) is 4.76. The number of hydrogen-bond donors (Lipinski definition) is 2. The Labute approximate surface area is 195 Å². The van der Waals surface area contributed by atoms with Crippen molar-refractivity contribution < 1.29 is 27.6 Å². The highest BCUT2D eigenvalue weighted by molar-refractivity contribution is 6.30. The van der Waals surface area contributed by atoms with Gasteiger partial charge in [-0.1, -0.05) is 23.7 Å². The zero-order valence-electron chi connectivity index (χ0n) is 17.1. The van der Waals surface area contributed by atoms with Gasteiger partial charge in [0.15, 0.2) is 5.54 Å². The summed E-state index contributed by atoms with van der Waals surface area (Å²) in [6.45, 7) is -0.891. The van der Waals surface area contributed by atoms with Crippen molar-refractivity contribution in [2.75, 3.05) is 6.54 Å². The van der Waals surface area contributed by atoms with Crippen LogP contribution in [0.2, 0.25) is 5.02 Å². The lowest BCUT2D eigenvalue weighted by molar-refractivity contribution is -0.155. The van der Waals surface area contributed by atoms with E-state index in [1.54, 1.807) is 0 Å². The van der Waals surface area contributed by atoms with Crippen LogP contribution in [0.1, 0.15) is 21.6 Å². The van der Waals surface area contributed by atoms with Crippen LogP contribution in [0.3, 0.4) is 0 Å². The maximum absolute atomic E-state index is 15.7. The first kappa shape index (κ1) is 21.9. The number of aromatic nitrogens is 1. The molecule has 0 radical (unpaired) electrons. The van der Waals surface area contributed by atoms with E-state index in [2.05, 4.69) is 10.3 Å². The Bertz CT molecular complexity index is 1370. The second-order valence-corrected chi connectivity index (χ2v) is 8.28. The van der Waals surface area contributed by atoms with Gasteiger partial charge in [-0.25, -0.2) is 9.18 Å². The molecule has 1 fully saturated rings. The monoisotopic (exact) mass is 486 g/mol. The first-order chi connectivity index (χ1) is 16.1. The zero-order valence-corrected chi connectivity index (χ0v) is 17.9. The standard InChI is InChI=1S/C23H14ClF3N4O3/c24-13-5-3-12(4-6-13)16-10-14(25)7-8-15(16)19(32)31-11-22(20(33)29-21(34)30-22)18-17(23(31,26)27)2-1-9-28-18/h1-10H,11H2,(H2,29,30,33,34). The average molecular weight is 487 g/mol. The average Bonchev–Trinajstić information content (AvgIpc) is 3.10. The summed E-state index contributed by atoms with van der Waals surface area (Å²) in [4.78, 5) is 42.3. The molecule has 1 unspecified atom stereocenters. The Kier molecular flexibility index (Phi) is 4.87. The van der Waals surface area contributed by atoms with Crippen molar-refractivity contribution in [3.05, 3.63) is 88.5 Å². The topological polar surface area (TPSA) is 91.4 Å². The van der Waals surface area contributed by atoms with Crippen LogP contribution in [0.5, 0.6) is 0 Å². The number of imide groups is 1. The molecule has 2 aromatic carbocycles. The lowest BCUT2D eigenvalue weighted by Crippen LogP contribution is -2.62. The van der Waals surface area contributed by atoms with E-state index in [4.69, 9.17) is 11.6 Å². The highest BCUT2D eigenvalue weighted by Gasteiger charge is 2.62. The number of alkyl halides is 2. The highest BCUT2D eigenvalue weighted by Crippen LogP contribution is 2.45. The van der Waals surface area contributed by atoms with Crippen LogP contribution in [0.25, 0.3) is 11.1 Å². The summed E-state index contributed by atoms with van der Waals surface area (Å²) < 4.78 is 45.4. The second kappa shape index (κ2) is 7.56. The van der Waals surface area contributed by atoms with Crippen LogP contribution in [0.4, 0.5) is 18.0 Å². The number of benzene rings is 2. The molecule has 5 rings (SSSR count). The van der Waals surface area contributed by atoms with E-state index in [0.717, 1.165) is 24.3 Å². The highest BCUT2D eigenvalue weighted by atomic mass is 35.5. The molecule has 2 aliphatic heterocycles. The number of carbonyl (C=O) groups excluding carboxylic acids is 3. The third kappa shape index (κ3) is 3.21. The third-order valence-electron chi connectivity index (χ3n) is 5.82. The summed E-state index contributed by atoms with van der Waals surface area (Å²) in [5.74, 6) is -2.76. The summed E-state index contributed by atoms with van der Waals surface area (Å²) in [6.07, 6.45) is 1.21. The number of carbonyl (C=O) groups is 3. The smallest absolute Gasteiger partial charge is 0.317 e. The Morgan fingerprint density at radius 1 is 1.09 bits per heavy atom. The van der Waals surface area contributed by atoms with Gasteiger partial charge >= 0.3 is 12.1 Å². The van der Waals surface area contributed by atoms with Crippen molar-refractivity contribution in [3.8, 4) is 11.1 Å². The Morgan fingerprint density at radius 2 is 1.82 bits per heavy atom. The Hall–Kier alpha value is -3.92. The molecule has 172 valence electrons. The molecular weight excluding hydrogens is 473 g/mol. The molecule has 34 heavy (non-hydrogen) atoms. The summed E-state index contributed by atoms with van der Waals surface area (Å²) in [6, 6.07) is 6.68. The maximum atomic E-state index is 15.7. The number of pyridine rings is 1. The van der Waals surface area contributed by atoms with Crippen LogP contribution < -0.4 is 10.6 Å². The van der Waals surface area contributed by atoms with Crippen molar-refractivity contribution in [3.63, 3.8) is 0 Å². The van der Waals surface area contributed by atoms with Crippen molar-refractivity contribution in [2.24, 2.45) is 0 Å². The number of halogens is 4. The molecule has 1 saturated heterocycles. The minimum atomic E-state index is -3.88. The summed E-state index contributed by atoms with van der Waals surface area (Å²) in [7, 11) is 0. The number of amides is 4. The first-order valence-electron chi connectivity index (χ1n) is 9.98. The lowest BCUT2D eigenvalue weighted by atomic mass is 9.85. The lowest BCUT2D eigenvalue weighted by Gasteiger charge is -2.43. The van der Waals surface area contributed by atoms with E-state index < -0.39 is 47.4 Å². The number of hydrogen-bond acceptors (Lipinski definition) is 4. The SMILES string of the molecule is O=C1NC(=O)C2(CN(C(=O)c3ccc(F)cc3-c3ccc(Cl)cc3)C(F)(F)c3cccnc32)N1. The van der Waals surface area contributed by atoms with Gasteiger partial charge < -0.3 is 5.32 Å². The van der Waals surface area contributed by atoms with Gasteiger partial charge in [-0.2, -0.15) is 8.78 Å². The number of nitrogens with zero attached hydrogens (tertiary/aromatic N) is 2. The Balaban J connectivity index is 1.67. The van der Waals surface area contributed by atoms with E-state index in [-0.39, 0.29) is 21.7 Å². The molecule has 4 amide bonds. The van der Waals surface area contributed by atoms with Gasteiger partial charge in [-0.15, -0.1) is 0 Å². The minimum absolute atomic E-state index is 0.0587. The third-order valence-corrected chi connectivity index (χ3v) is 6.08. The molecule has 0 aliphatic carbocycles. The van der Waals surface area contributed by atoms with Gasteiger partial charge in [-0.3, -0.25) is 24.8 Å². The molecule has 0 bridgehead atoms. The number of urea groups is 1. The van der Waals surface area contributed by atoms with Crippen LogP contribution in [-0.2, 0) is 16.4 Å². The van der Waals surface area contributed by atoms with E-state index >= 15 is 8.78 Å². The fourth-order valence-electron chi connectivity index (χ4n) is 4.23. The van der Waals surface area contributed by atoms with Gasteiger partial charge in [0.25, 0.3) is 11.8 Å². The van der Waals surface area contributed by atoms with Crippen molar-refractivity contribution in [1.29, 1.82) is 0 Å². The maximum Gasteiger partial charge on any atom is 0.357 e. The fourth-order valence-corrected chi connectivity index (χ4v) is 4.36. The largest absolute Gasteiger partial charge is 0.357 e. The zero-order chi connectivity index (χ0) is 24.3. The van der Waals surface area contributed by atoms with E-state index in [1.807, 2.05) is 5.32 Å². The van der Waals surface area contributed by atoms with Crippen LogP contribution in [0, 0.1) is 5.82 Å². The molecule has 1 atom stereocenters. The normalized spacial score (nSPS) is 20.6. The molecule has 3 aromatic rings. The van der Waals surface area contributed by atoms with Gasteiger partial charge in [-0.05, 0) is 53.6 Å². The predicted molar refractivity (Wildman–Crippen MR) is 114 cm³/mol. The van der Waals surface area contributed by atoms with Gasteiger partial charge in [0.05, 0.1) is 17.8 Å². The minimum Gasteiger partial charge on any atom is -0.317 e. The fraction of sp³-hybridized carbons (Fsp3) is 0.130. The van der Waals surface area contributed by atoms with Crippen LogP contribution >= 0.6 is 11.6 Å². The second-order valence-electron chi connectivity index (χ2n) is 7.84. The van der Waals surface area contributed by atoms with Crippen molar-refractivity contribution in [2.45, 2.75) is 11.6 Å². The van der Waals surface area contributed by atoms with Gasteiger partial charge in [0.2, 0.25) is 0 Å².